The van der Waals surface area contributed by atoms with Crippen molar-refractivity contribution in [3.8, 4) is 0 Å². The predicted octanol–water partition coefficient (Wildman–Crippen LogP) is 1.37. The Labute approximate surface area is 77.4 Å². The van der Waals surface area contributed by atoms with Crippen LogP contribution in [0.5, 0.6) is 0 Å². The van der Waals surface area contributed by atoms with Gasteiger partial charge < -0.3 is 4.74 Å². The molecule has 0 aromatic rings. The summed E-state index contributed by atoms with van der Waals surface area (Å²) < 4.78 is 4.65. The summed E-state index contributed by atoms with van der Waals surface area (Å²) in [6.07, 6.45) is 1.85. The maximum absolute atomic E-state index is 11.3. The molecule has 0 spiro atoms. The molecule has 1 saturated heterocycles. The molecule has 2 rings (SSSR count). The van der Waals surface area contributed by atoms with E-state index in [9.17, 15) is 9.59 Å². The van der Waals surface area contributed by atoms with E-state index < -0.39 is 0 Å². The molecule has 0 radical (unpaired) electrons. The zero-order valence-corrected chi connectivity index (χ0v) is 7.95. The molecule has 4 atom stereocenters. The van der Waals surface area contributed by atoms with Gasteiger partial charge in [-0.1, -0.05) is 13.8 Å². The SMILES string of the molecule is CC1CCC2C(=O)OC(=O)C2C1C. The summed E-state index contributed by atoms with van der Waals surface area (Å²) >= 11 is 0. The molecule has 2 aliphatic rings. The fraction of sp³-hybridized carbons (Fsp3) is 0.800. The largest absolute Gasteiger partial charge is 0.393 e. The molecule has 1 heterocycles. The first-order valence-electron chi connectivity index (χ1n) is 4.87. The van der Waals surface area contributed by atoms with E-state index in [2.05, 4.69) is 11.7 Å². The first kappa shape index (κ1) is 8.73. The average Bonchev–Trinajstić information content (AvgIpc) is 2.35. The molecular weight excluding hydrogens is 168 g/mol. The number of rotatable bonds is 0. The van der Waals surface area contributed by atoms with Crippen molar-refractivity contribution < 1.29 is 14.3 Å². The maximum Gasteiger partial charge on any atom is 0.317 e. The second-order valence-corrected chi connectivity index (χ2v) is 4.29. The van der Waals surface area contributed by atoms with Gasteiger partial charge in [0, 0.05) is 0 Å². The van der Waals surface area contributed by atoms with E-state index in [1.165, 1.54) is 0 Å². The second kappa shape index (κ2) is 2.82. The van der Waals surface area contributed by atoms with Gasteiger partial charge in [-0.15, -0.1) is 0 Å². The molecule has 2 fully saturated rings. The number of carbonyl (C=O) groups is 2. The van der Waals surface area contributed by atoms with E-state index in [1.54, 1.807) is 0 Å². The lowest BCUT2D eigenvalue weighted by atomic mass is 9.69. The summed E-state index contributed by atoms with van der Waals surface area (Å²) in [6, 6.07) is 0. The van der Waals surface area contributed by atoms with Crippen molar-refractivity contribution in [1.29, 1.82) is 0 Å². The molecule has 0 N–H and O–H groups in total. The van der Waals surface area contributed by atoms with Gasteiger partial charge in [-0.05, 0) is 24.7 Å². The van der Waals surface area contributed by atoms with Crippen molar-refractivity contribution in [2.24, 2.45) is 23.7 Å². The third kappa shape index (κ3) is 1.18. The van der Waals surface area contributed by atoms with Gasteiger partial charge in [-0.25, -0.2) is 0 Å². The third-order valence-electron chi connectivity index (χ3n) is 3.61. The van der Waals surface area contributed by atoms with Crippen molar-refractivity contribution >= 4 is 11.9 Å². The van der Waals surface area contributed by atoms with Gasteiger partial charge >= 0.3 is 11.9 Å². The van der Waals surface area contributed by atoms with Gasteiger partial charge in [-0.2, -0.15) is 0 Å². The molecule has 0 aromatic carbocycles. The van der Waals surface area contributed by atoms with Crippen molar-refractivity contribution in [2.75, 3.05) is 0 Å². The van der Waals surface area contributed by atoms with Crippen LogP contribution in [0, 0.1) is 23.7 Å². The Morgan fingerprint density at radius 1 is 1.15 bits per heavy atom. The van der Waals surface area contributed by atoms with E-state index in [0.717, 1.165) is 12.8 Å². The van der Waals surface area contributed by atoms with Crippen LogP contribution in [-0.4, -0.2) is 11.9 Å². The Hall–Kier alpha value is -0.860. The van der Waals surface area contributed by atoms with Gasteiger partial charge in [0.15, 0.2) is 0 Å². The lowest BCUT2D eigenvalue weighted by Gasteiger charge is -2.31. The lowest BCUT2D eigenvalue weighted by Crippen LogP contribution is -2.33. The van der Waals surface area contributed by atoms with Crippen LogP contribution in [0.15, 0.2) is 0 Å². The van der Waals surface area contributed by atoms with Gasteiger partial charge in [-0.3, -0.25) is 9.59 Å². The van der Waals surface area contributed by atoms with Crippen LogP contribution in [0.4, 0.5) is 0 Å². The molecule has 1 aliphatic carbocycles. The summed E-state index contributed by atoms with van der Waals surface area (Å²) in [6.45, 7) is 4.18. The molecular formula is C10H14O3. The highest BCUT2D eigenvalue weighted by atomic mass is 16.6. The molecule has 3 nitrogen and oxygen atoms in total. The molecule has 0 bridgehead atoms. The number of hydrogen-bond acceptors (Lipinski definition) is 3. The molecule has 72 valence electrons. The zero-order chi connectivity index (χ0) is 9.59. The Bertz CT molecular complexity index is 259. The number of fused-ring (bicyclic) bond motifs is 1. The Kier molecular flexibility index (Phi) is 1.90. The molecule has 1 saturated carbocycles. The van der Waals surface area contributed by atoms with E-state index >= 15 is 0 Å². The van der Waals surface area contributed by atoms with Crippen LogP contribution in [-0.2, 0) is 14.3 Å². The summed E-state index contributed by atoms with van der Waals surface area (Å²) in [5.41, 5.74) is 0. The predicted molar refractivity (Wildman–Crippen MR) is 45.6 cm³/mol. The monoisotopic (exact) mass is 182 g/mol. The molecule has 1 aliphatic heterocycles. The molecule has 4 unspecified atom stereocenters. The van der Waals surface area contributed by atoms with Crippen molar-refractivity contribution in [3.63, 3.8) is 0 Å². The van der Waals surface area contributed by atoms with Gasteiger partial charge in [0.05, 0.1) is 11.8 Å². The first-order valence-corrected chi connectivity index (χ1v) is 4.87. The number of esters is 2. The number of carbonyl (C=O) groups excluding carboxylic acids is 2. The van der Waals surface area contributed by atoms with Gasteiger partial charge in [0.2, 0.25) is 0 Å². The van der Waals surface area contributed by atoms with Crippen LogP contribution < -0.4 is 0 Å². The van der Waals surface area contributed by atoms with E-state index in [4.69, 9.17) is 0 Å². The van der Waals surface area contributed by atoms with E-state index in [0.29, 0.717) is 5.92 Å². The van der Waals surface area contributed by atoms with E-state index in [-0.39, 0.29) is 29.7 Å². The maximum atomic E-state index is 11.3. The zero-order valence-electron chi connectivity index (χ0n) is 7.95. The highest BCUT2D eigenvalue weighted by molar-refractivity contribution is 5.96. The fourth-order valence-electron chi connectivity index (χ4n) is 2.49. The molecule has 3 heteroatoms. The average molecular weight is 182 g/mol. The molecule has 0 amide bonds. The van der Waals surface area contributed by atoms with Crippen LogP contribution in [0.2, 0.25) is 0 Å². The summed E-state index contributed by atoms with van der Waals surface area (Å²) in [5.74, 6) is -0.0739. The van der Waals surface area contributed by atoms with Crippen molar-refractivity contribution in [2.45, 2.75) is 26.7 Å². The lowest BCUT2D eigenvalue weighted by molar-refractivity contribution is -0.154. The normalized spacial score (nSPS) is 44.5. The number of ether oxygens (including phenoxy) is 1. The molecule has 0 aromatic heterocycles. The highest BCUT2D eigenvalue weighted by Gasteiger charge is 2.50. The standard InChI is InChI=1S/C10H14O3/c1-5-3-4-7-8(6(5)2)10(12)13-9(7)11/h5-8H,3-4H2,1-2H3. The Morgan fingerprint density at radius 2 is 1.85 bits per heavy atom. The summed E-state index contributed by atoms with van der Waals surface area (Å²) in [5, 5.41) is 0. The summed E-state index contributed by atoms with van der Waals surface area (Å²) in [7, 11) is 0. The Morgan fingerprint density at radius 3 is 2.54 bits per heavy atom. The quantitative estimate of drug-likeness (QED) is 0.419. The topological polar surface area (TPSA) is 43.4 Å². The highest BCUT2D eigenvalue weighted by Crippen LogP contribution is 2.42. The smallest absolute Gasteiger partial charge is 0.317 e. The van der Waals surface area contributed by atoms with Crippen LogP contribution in [0.3, 0.4) is 0 Å². The minimum absolute atomic E-state index is 0.140. The molecule has 13 heavy (non-hydrogen) atoms. The summed E-state index contributed by atoms with van der Waals surface area (Å²) in [4.78, 5) is 22.6. The minimum atomic E-state index is -0.297. The minimum Gasteiger partial charge on any atom is -0.393 e. The van der Waals surface area contributed by atoms with Crippen molar-refractivity contribution in [3.05, 3.63) is 0 Å². The second-order valence-electron chi connectivity index (χ2n) is 4.29. The van der Waals surface area contributed by atoms with Crippen LogP contribution in [0.1, 0.15) is 26.7 Å². The van der Waals surface area contributed by atoms with Crippen LogP contribution in [0.25, 0.3) is 0 Å². The Balaban J connectivity index is 2.25. The van der Waals surface area contributed by atoms with Gasteiger partial charge in [0.1, 0.15) is 0 Å². The first-order chi connectivity index (χ1) is 6.11. The number of cyclic esters (lactones) is 2. The van der Waals surface area contributed by atoms with Crippen molar-refractivity contribution in [1.82, 2.24) is 0 Å². The fourth-order valence-corrected chi connectivity index (χ4v) is 2.49. The van der Waals surface area contributed by atoms with Crippen LogP contribution >= 0.6 is 0 Å². The third-order valence-corrected chi connectivity index (χ3v) is 3.61. The number of hydrogen-bond donors (Lipinski definition) is 0. The van der Waals surface area contributed by atoms with Gasteiger partial charge in [0.25, 0.3) is 0 Å². The van der Waals surface area contributed by atoms with E-state index in [1.807, 2.05) is 6.92 Å².